The van der Waals surface area contributed by atoms with Gasteiger partial charge >= 0.3 is 5.97 Å². The molecule has 0 aliphatic carbocycles. The van der Waals surface area contributed by atoms with Gasteiger partial charge in [0.05, 0.1) is 7.11 Å². The predicted molar refractivity (Wildman–Crippen MR) is 68.2 cm³/mol. The Morgan fingerprint density at radius 1 is 1.25 bits per heavy atom. The first-order valence-electron chi connectivity index (χ1n) is 5.46. The molecule has 0 radical (unpaired) electrons. The smallest absolute Gasteiger partial charge is 0.330 e. The van der Waals surface area contributed by atoms with E-state index in [0.29, 0.717) is 0 Å². The third-order valence-electron chi connectivity index (χ3n) is 1.69. The van der Waals surface area contributed by atoms with Crippen molar-refractivity contribution < 1.29 is 9.53 Å². The molecular weight excluding hydrogens is 200 g/mol. The van der Waals surface area contributed by atoms with Crippen LogP contribution in [-0.4, -0.2) is 13.1 Å². The van der Waals surface area contributed by atoms with Crippen LogP contribution in [-0.2, 0) is 9.53 Å². The lowest BCUT2D eigenvalue weighted by atomic mass is 10.1. The van der Waals surface area contributed by atoms with Gasteiger partial charge in [-0.15, -0.1) is 0 Å². The van der Waals surface area contributed by atoms with Crippen LogP contribution in [0.2, 0.25) is 0 Å². The molecule has 16 heavy (non-hydrogen) atoms. The lowest BCUT2D eigenvalue weighted by molar-refractivity contribution is -0.134. The van der Waals surface area contributed by atoms with E-state index >= 15 is 0 Å². The lowest BCUT2D eigenvalue weighted by Gasteiger charge is -1.94. The Hall–Kier alpha value is -1.57. The first-order chi connectivity index (χ1) is 7.63. The van der Waals surface area contributed by atoms with E-state index in [1.54, 1.807) is 6.08 Å². The van der Waals surface area contributed by atoms with Crippen molar-refractivity contribution >= 4 is 12.0 Å². The zero-order chi connectivity index (χ0) is 12.4. The summed E-state index contributed by atoms with van der Waals surface area (Å²) in [4.78, 5) is 10.7. The average Bonchev–Trinajstić information content (AvgIpc) is 2.29. The Morgan fingerprint density at radius 2 is 1.75 bits per heavy atom. The standard InChI is InChI=1S/C11H12O2.C3H8/c1-9-3-5-10(6-4-9)7-8-11(12)13-2;1-3-2/h3-8H,1-2H3;3H2,1-2H3/b8-7+;. The maximum atomic E-state index is 10.7. The fourth-order valence-corrected chi connectivity index (χ4v) is 0.910. The molecule has 1 rings (SSSR count). The summed E-state index contributed by atoms with van der Waals surface area (Å²) in [6, 6.07) is 7.90. The second kappa shape index (κ2) is 8.72. The van der Waals surface area contributed by atoms with Gasteiger partial charge in [-0.25, -0.2) is 4.79 Å². The number of rotatable bonds is 2. The third kappa shape index (κ3) is 6.82. The highest BCUT2D eigenvalue weighted by molar-refractivity contribution is 5.86. The summed E-state index contributed by atoms with van der Waals surface area (Å²) in [6.45, 7) is 6.27. The van der Waals surface area contributed by atoms with Crippen LogP contribution < -0.4 is 0 Å². The normalized spacial score (nSPS) is 9.50. The van der Waals surface area contributed by atoms with E-state index in [1.165, 1.54) is 25.2 Å². The number of esters is 1. The van der Waals surface area contributed by atoms with Gasteiger partial charge in [-0.1, -0.05) is 50.1 Å². The number of benzene rings is 1. The number of hydrogen-bond donors (Lipinski definition) is 0. The largest absolute Gasteiger partial charge is 0.466 e. The fourth-order valence-electron chi connectivity index (χ4n) is 0.910. The molecule has 88 valence electrons. The molecule has 0 aliphatic rings. The maximum Gasteiger partial charge on any atom is 0.330 e. The van der Waals surface area contributed by atoms with Gasteiger partial charge in [-0.3, -0.25) is 0 Å². The molecule has 2 heteroatoms. The zero-order valence-corrected chi connectivity index (χ0v) is 10.5. The van der Waals surface area contributed by atoms with Crippen molar-refractivity contribution in [2.45, 2.75) is 27.2 Å². The molecule has 0 unspecified atom stereocenters. The van der Waals surface area contributed by atoms with E-state index in [2.05, 4.69) is 18.6 Å². The summed E-state index contributed by atoms with van der Waals surface area (Å²) in [5.41, 5.74) is 2.20. The number of hydrogen-bond acceptors (Lipinski definition) is 2. The molecule has 2 nitrogen and oxygen atoms in total. The Kier molecular flexibility index (Phi) is 7.86. The van der Waals surface area contributed by atoms with E-state index in [1.807, 2.05) is 31.2 Å². The van der Waals surface area contributed by atoms with Crippen molar-refractivity contribution in [2.24, 2.45) is 0 Å². The highest BCUT2D eigenvalue weighted by atomic mass is 16.5. The van der Waals surface area contributed by atoms with Gasteiger partial charge in [0.15, 0.2) is 0 Å². The van der Waals surface area contributed by atoms with Gasteiger partial charge in [0.2, 0.25) is 0 Å². The van der Waals surface area contributed by atoms with Crippen LogP contribution in [0.3, 0.4) is 0 Å². The lowest BCUT2D eigenvalue weighted by Crippen LogP contribution is -1.93. The minimum absolute atomic E-state index is 0.333. The minimum Gasteiger partial charge on any atom is -0.466 e. The first-order valence-corrected chi connectivity index (χ1v) is 5.46. The van der Waals surface area contributed by atoms with Gasteiger partial charge in [-0.05, 0) is 18.6 Å². The molecule has 0 amide bonds. The van der Waals surface area contributed by atoms with Crippen LogP contribution in [0.25, 0.3) is 6.08 Å². The number of methoxy groups -OCH3 is 1. The van der Waals surface area contributed by atoms with Crippen LogP contribution in [0.5, 0.6) is 0 Å². The zero-order valence-electron chi connectivity index (χ0n) is 10.5. The van der Waals surface area contributed by atoms with Gasteiger partial charge in [0, 0.05) is 6.08 Å². The van der Waals surface area contributed by atoms with Gasteiger partial charge in [-0.2, -0.15) is 0 Å². The topological polar surface area (TPSA) is 26.3 Å². The van der Waals surface area contributed by atoms with Gasteiger partial charge in [0.25, 0.3) is 0 Å². The average molecular weight is 220 g/mol. The van der Waals surface area contributed by atoms with E-state index in [0.717, 1.165) is 5.56 Å². The number of ether oxygens (including phenoxy) is 1. The Balaban J connectivity index is 0.000000673. The highest BCUT2D eigenvalue weighted by Gasteiger charge is 1.91. The van der Waals surface area contributed by atoms with Crippen molar-refractivity contribution in [1.82, 2.24) is 0 Å². The molecule has 0 heterocycles. The maximum absolute atomic E-state index is 10.7. The summed E-state index contributed by atoms with van der Waals surface area (Å²) >= 11 is 0. The molecule has 0 fully saturated rings. The monoisotopic (exact) mass is 220 g/mol. The van der Waals surface area contributed by atoms with Crippen molar-refractivity contribution in [2.75, 3.05) is 7.11 Å². The molecule has 0 spiro atoms. The van der Waals surface area contributed by atoms with Crippen molar-refractivity contribution in [3.05, 3.63) is 41.5 Å². The minimum atomic E-state index is -0.333. The Bertz CT molecular complexity index is 323. The molecule has 1 aromatic rings. The van der Waals surface area contributed by atoms with Gasteiger partial charge < -0.3 is 4.74 Å². The SMILES string of the molecule is CCC.COC(=O)/C=C/c1ccc(C)cc1. The first kappa shape index (κ1) is 14.4. The van der Waals surface area contributed by atoms with Crippen LogP contribution in [0, 0.1) is 6.92 Å². The Labute approximate surface area is 97.9 Å². The predicted octanol–water partition coefficient (Wildman–Crippen LogP) is 3.60. The van der Waals surface area contributed by atoms with Crippen molar-refractivity contribution in [1.29, 1.82) is 0 Å². The molecule has 0 aromatic heterocycles. The van der Waals surface area contributed by atoms with Crippen LogP contribution in [0.1, 0.15) is 31.4 Å². The summed E-state index contributed by atoms with van der Waals surface area (Å²) in [7, 11) is 1.36. The molecule has 0 bridgehead atoms. The summed E-state index contributed by atoms with van der Waals surface area (Å²) in [5, 5.41) is 0. The van der Waals surface area contributed by atoms with E-state index in [4.69, 9.17) is 0 Å². The van der Waals surface area contributed by atoms with E-state index < -0.39 is 0 Å². The number of carbonyl (C=O) groups is 1. The fraction of sp³-hybridized carbons (Fsp3) is 0.357. The second-order valence-corrected chi connectivity index (χ2v) is 3.47. The summed E-state index contributed by atoms with van der Waals surface area (Å²) < 4.78 is 4.47. The molecule has 0 saturated heterocycles. The molecule has 0 saturated carbocycles. The summed E-state index contributed by atoms with van der Waals surface area (Å²) in [5.74, 6) is -0.333. The molecule has 1 aromatic carbocycles. The van der Waals surface area contributed by atoms with E-state index in [9.17, 15) is 4.79 Å². The van der Waals surface area contributed by atoms with Gasteiger partial charge in [0.1, 0.15) is 0 Å². The van der Waals surface area contributed by atoms with E-state index in [-0.39, 0.29) is 5.97 Å². The van der Waals surface area contributed by atoms with Crippen LogP contribution >= 0.6 is 0 Å². The molecule has 0 N–H and O–H groups in total. The number of aryl methyl sites for hydroxylation is 1. The molecular formula is C14H20O2. The molecule has 0 aliphatic heterocycles. The quantitative estimate of drug-likeness (QED) is 0.562. The molecule has 0 atom stereocenters. The highest BCUT2D eigenvalue weighted by Crippen LogP contribution is 2.04. The summed E-state index contributed by atoms with van der Waals surface area (Å²) in [6.07, 6.45) is 4.38. The third-order valence-corrected chi connectivity index (χ3v) is 1.69. The number of carbonyl (C=O) groups excluding carboxylic acids is 1. The van der Waals surface area contributed by atoms with Crippen molar-refractivity contribution in [3.8, 4) is 0 Å². The Morgan fingerprint density at radius 3 is 2.19 bits per heavy atom. The van der Waals surface area contributed by atoms with Crippen LogP contribution in [0.15, 0.2) is 30.3 Å². The van der Waals surface area contributed by atoms with Crippen LogP contribution in [0.4, 0.5) is 0 Å². The van der Waals surface area contributed by atoms with Crippen molar-refractivity contribution in [3.63, 3.8) is 0 Å². The second-order valence-electron chi connectivity index (χ2n) is 3.47.